The predicted octanol–water partition coefficient (Wildman–Crippen LogP) is 3.26. The molecule has 160 valence electrons. The zero-order valence-electron chi connectivity index (χ0n) is 17.6. The van der Waals surface area contributed by atoms with Crippen LogP contribution in [0, 0.1) is 41.4 Å². The Morgan fingerprint density at radius 3 is 2.62 bits per heavy atom. The summed E-state index contributed by atoms with van der Waals surface area (Å²) in [5, 5.41) is 0. The standard InChI is InChI=1S/C23H32O6/c1-4-11(3)20(24)27-18-15-9-14-16(21(25)28-19(14)18)17(15)22(26)29-23(5-2)10-12-6-7-13(23)8-12/h11-19H,4-10H2,1-3H3. The van der Waals surface area contributed by atoms with Gasteiger partial charge in [0.1, 0.15) is 17.8 Å². The summed E-state index contributed by atoms with van der Waals surface area (Å²) in [6, 6.07) is 0. The van der Waals surface area contributed by atoms with Crippen LogP contribution in [0.4, 0.5) is 0 Å². The molecular formula is C23H32O6. The van der Waals surface area contributed by atoms with Crippen molar-refractivity contribution < 1.29 is 28.6 Å². The van der Waals surface area contributed by atoms with Gasteiger partial charge in [0.25, 0.3) is 0 Å². The summed E-state index contributed by atoms with van der Waals surface area (Å²) in [7, 11) is 0. The molecule has 5 aliphatic rings. The van der Waals surface area contributed by atoms with Crippen LogP contribution < -0.4 is 0 Å². The highest BCUT2D eigenvalue weighted by Gasteiger charge is 2.70. The van der Waals surface area contributed by atoms with E-state index in [9.17, 15) is 14.4 Å². The summed E-state index contributed by atoms with van der Waals surface area (Å²) in [4.78, 5) is 38.4. The van der Waals surface area contributed by atoms with Gasteiger partial charge in [-0.1, -0.05) is 20.8 Å². The Balaban J connectivity index is 1.36. The first-order valence-electron chi connectivity index (χ1n) is 11.5. The Labute approximate surface area is 172 Å². The molecule has 4 bridgehead atoms. The van der Waals surface area contributed by atoms with E-state index in [1.54, 1.807) is 0 Å². The molecule has 1 heterocycles. The van der Waals surface area contributed by atoms with Gasteiger partial charge in [-0.25, -0.2) is 0 Å². The van der Waals surface area contributed by atoms with Crippen LogP contribution >= 0.6 is 0 Å². The SMILES string of the molecule is CCC(C)C(=O)OC1C2CC3C1OC(=O)C3C2C(=O)OC1(CC)CC2CCC1C2. The van der Waals surface area contributed by atoms with E-state index < -0.39 is 24.0 Å². The Hall–Kier alpha value is -1.59. The van der Waals surface area contributed by atoms with Gasteiger partial charge in [-0.05, 0) is 56.8 Å². The summed E-state index contributed by atoms with van der Waals surface area (Å²) in [5.74, 6) is -1.11. The Kier molecular flexibility index (Phi) is 4.48. The number of carbonyl (C=O) groups excluding carboxylic acids is 3. The van der Waals surface area contributed by atoms with Crippen molar-refractivity contribution in [2.75, 3.05) is 0 Å². The van der Waals surface area contributed by atoms with Crippen molar-refractivity contribution in [1.29, 1.82) is 0 Å². The highest BCUT2D eigenvalue weighted by molar-refractivity contribution is 5.86. The second-order valence-corrected chi connectivity index (χ2v) is 10.1. The molecular weight excluding hydrogens is 372 g/mol. The minimum Gasteiger partial charge on any atom is -0.459 e. The smallest absolute Gasteiger partial charge is 0.310 e. The molecule has 10 atom stereocenters. The molecule has 29 heavy (non-hydrogen) atoms. The fourth-order valence-corrected chi connectivity index (χ4v) is 7.18. The lowest BCUT2D eigenvalue weighted by atomic mass is 9.77. The van der Waals surface area contributed by atoms with Crippen molar-refractivity contribution in [3.8, 4) is 0 Å². The third-order valence-electron chi connectivity index (χ3n) is 8.91. The van der Waals surface area contributed by atoms with E-state index in [0.717, 1.165) is 25.7 Å². The van der Waals surface area contributed by atoms with Crippen LogP contribution in [0.25, 0.3) is 0 Å². The number of esters is 3. The zero-order valence-corrected chi connectivity index (χ0v) is 17.6. The first-order chi connectivity index (χ1) is 13.9. The monoisotopic (exact) mass is 404 g/mol. The molecule has 1 aliphatic heterocycles. The predicted molar refractivity (Wildman–Crippen MR) is 102 cm³/mol. The van der Waals surface area contributed by atoms with E-state index in [1.165, 1.54) is 6.42 Å². The van der Waals surface area contributed by atoms with Crippen molar-refractivity contribution in [2.45, 2.75) is 83.5 Å². The van der Waals surface area contributed by atoms with Crippen LogP contribution in [-0.4, -0.2) is 35.7 Å². The summed E-state index contributed by atoms with van der Waals surface area (Å²) in [6.45, 7) is 5.88. The highest BCUT2D eigenvalue weighted by atomic mass is 16.6. The van der Waals surface area contributed by atoms with E-state index >= 15 is 0 Å². The third-order valence-corrected chi connectivity index (χ3v) is 8.91. The van der Waals surface area contributed by atoms with E-state index in [2.05, 4.69) is 6.92 Å². The molecule has 0 amide bonds. The first kappa shape index (κ1) is 19.4. The molecule has 0 aromatic heterocycles. The van der Waals surface area contributed by atoms with Gasteiger partial charge in [-0.2, -0.15) is 0 Å². The second kappa shape index (κ2) is 6.71. The van der Waals surface area contributed by atoms with Crippen molar-refractivity contribution in [1.82, 2.24) is 0 Å². The summed E-state index contributed by atoms with van der Waals surface area (Å²) < 4.78 is 17.6. The van der Waals surface area contributed by atoms with Gasteiger partial charge in [0, 0.05) is 11.8 Å². The fraction of sp³-hybridized carbons (Fsp3) is 0.870. The zero-order chi connectivity index (χ0) is 20.5. The van der Waals surface area contributed by atoms with Crippen molar-refractivity contribution >= 4 is 17.9 Å². The lowest BCUT2D eigenvalue weighted by Gasteiger charge is -2.39. The maximum atomic E-state index is 13.4. The second-order valence-electron chi connectivity index (χ2n) is 10.1. The summed E-state index contributed by atoms with van der Waals surface area (Å²) >= 11 is 0. The lowest BCUT2D eigenvalue weighted by Crippen LogP contribution is -2.47. The minimum atomic E-state index is -0.538. The number of rotatable bonds is 6. The van der Waals surface area contributed by atoms with Crippen LogP contribution in [0.15, 0.2) is 0 Å². The van der Waals surface area contributed by atoms with Crippen LogP contribution in [0.2, 0.25) is 0 Å². The molecule has 0 N–H and O–H groups in total. The minimum absolute atomic E-state index is 0.0302. The highest BCUT2D eigenvalue weighted by Crippen LogP contribution is 2.60. The average Bonchev–Trinajstić information content (AvgIpc) is 3.48. The van der Waals surface area contributed by atoms with Crippen molar-refractivity contribution in [3.05, 3.63) is 0 Å². The molecule has 10 unspecified atom stereocenters. The largest absolute Gasteiger partial charge is 0.459 e. The summed E-state index contributed by atoms with van der Waals surface area (Å²) in [5.41, 5.74) is -0.368. The van der Waals surface area contributed by atoms with Crippen LogP contribution in [0.3, 0.4) is 0 Å². The molecule has 5 rings (SSSR count). The molecule has 6 heteroatoms. The topological polar surface area (TPSA) is 78.9 Å². The van der Waals surface area contributed by atoms with Gasteiger partial charge < -0.3 is 14.2 Å². The molecule has 0 radical (unpaired) electrons. The molecule has 0 aromatic rings. The summed E-state index contributed by atoms with van der Waals surface area (Å²) in [6.07, 6.45) is 5.78. The normalized spacial score (nSPS) is 47.3. The fourth-order valence-electron chi connectivity index (χ4n) is 7.18. The van der Waals surface area contributed by atoms with Gasteiger partial charge in [-0.15, -0.1) is 0 Å². The Morgan fingerprint density at radius 1 is 1.21 bits per heavy atom. The first-order valence-corrected chi connectivity index (χ1v) is 11.5. The molecule has 5 fully saturated rings. The van der Waals surface area contributed by atoms with Crippen LogP contribution in [0.5, 0.6) is 0 Å². The van der Waals surface area contributed by atoms with Gasteiger partial charge in [0.15, 0.2) is 0 Å². The van der Waals surface area contributed by atoms with Gasteiger partial charge in [-0.3, -0.25) is 14.4 Å². The Morgan fingerprint density at radius 2 is 2.00 bits per heavy atom. The quantitative estimate of drug-likeness (QED) is 0.499. The molecule has 4 aliphatic carbocycles. The molecule has 6 nitrogen and oxygen atoms in total. The van der Waals surface area contributed by atoms with E-state index in [-0.39, 0.29) is 41.3 Å². The Bertz CT molecular complexity index is 733. The third kappa shape index (κ3) is 2.70. The van der Waals surface area contributed by atoms with Crippen molar-refractivity contribution in [3.63, 3.8) is 0 Å². The van der Waals surface area contributed by atoms with E-state index in [0.29, 0.717) is 24.7 Å². The molecule has 0 spiro atoms. The maximum absolute atomic E-state index is 13.4. The van der Waals surface area contributed by atoms with Crippen LogP contribution in [-0.2, 0) is 28.6 Å². The lowest BCUT2D eigenvalue weighted by molar-refractivity contribution is -0.181. The average molecular weight is 405 g/mol. The number of carbonyl (C=O) groups is 3. The van der Waals surface area contributed by atoms with E-state index in [1.807, 2.05) is 13.8 Å². The number of fused-ring (bicyclic) bond motifs is 3. The van der Waals surface area contributed by atoms with Gasteiger partial charge in [0.05, 0.1) is 17.8 Å². The maximum Gasteiger partial charge on any atom is 0.310 e. The van der Waals surface area contributed by atoms with Crippen LogP contribution in [0.1, 0.15) is 65.7 Å². The number of ether oxygens (including phenoxy) is 3. The number of hydrogen-bond donors (Lipinski definition) is 0. The molecule has 4 saturated carbocycles. The van der Waals surface area contributed by atoms with Gasteiger partial charge >= 0.3 is 17.9 Å². The molecule has 0 aromatic carbocycles. The van der Waals surface area contributed by atoms with Gasteiger partial charge in [0.2, 0.25) is 0 Å². The van der Waals surface area contributed by atoms with Crippen molar-refractivity contribution in [2.24, 2.45) is 41.4 Å². The van der Waals surface area contributed by atoms with E-state index in [4.69, 9.17) is 14.2 Å². The molecule has 1 saturated heterocycles. The number of hydrogen-bond acceptors (Lipinski definition) is 6.